The van der Waals surface area contributed by atoms with E-state index in [0.717, 1.165) is 5.69 Å². The third kappa shape index (κ3) is 3.87. The third-order valence-corrected chi connectivity index (χ3v) is 3.70. The van der Waals surface area contributed by atoms with Crippen molar-refractivity contribution in [3.05, 3.63) is 57.3 Å². The van der Waals surface area contributed by atoms with Crippen LogP contribution >= 0.6 is 27.5 Å². The number of rotatable bonds is 5. The minimum absolute atomic E-state index is 0.0715. The highest BCUT2D eigenvalue weighted by Gasteiger charge is 2.07. The molecule has 0 amide bonds. The molecule has 106 valence electrons. The van der Waals surface area contributed by atoms with Crippen LogP contribution in [0.15, 0.2) is 40.9 Å². The molecule has 0 aliphatic carbocycles. The summed E-state index contributed by atoms with van der Waals surface area (Å²) < 4.78 is 19.5. The van der Waals surface area contributed by atoms with Crippen LogP contribution < -0.4 is 10.1 Å². The van der Waals surface area contributed by atoms with E-state index in [1.807, 2.05) is 31.2 Å². The Labute approximate surface area is 131 Å². The summed E-state index contributed by atoms with van der Waals surface area (Å²) in [5, 5.41) is 3.34. The van der Waals surface area contributed by atoms with Crippen molar-refractivity contribution in [2.24, 2.45) is 0 Å². The average Bonchev–Trinajstić information content (AvgIpc) is 2.42. The van der Waals surface area contributed by atoms with Crippen LogP contribution in [0.2, 0.25) is 5.02 Å². The van der Waals surface area contributed by atoms with E-state index < -0.39 is 5.82 Å². The topological polar surface area (TPSA) is 21.3 Å². The number of benzene rings is 2. The SMILES string of the molecule is Cc1ccccc1NCCOc1cc(F)c(Cl)cc1Br. The standard InChI is InChI=1S/C15H14BrClFNO/c1-10-4-2-3-5-14(10)19-6-7-20-15-9-13(18)12(17)8-11(15)16/h2-5,8-9,19H,6-7H2,1H3. The molecule has 0 radical (unpaired) electrons. The Balaban J connectivity index is 1.88. The van der Waals surface area contributed by atoms with Crippen molar-refractivity contribution in [1.29, 1.82) is 0 Å². The van der Waals surface area contributed by atoms with Gasteiger partial charge in [0.2, 0.25) is 0 Å². The van der Waals surface area contributed by atoms with E-state index in [2.05, 4.69) is 21.2 Å². The lowest BCUT2D eigenvalue weighted by atomic mass is 10.2. The Bertz CT molecular complexity index is 606. The summed E-state index contributed by atoms with van der Waals surface area (Å²) in [5.41, 5.74) is 2.24. The summed E-state index contributed by atoms with van der Waals surface area (Å²) in [7, 11) is 0. The number of anilines is 1. The van der Waals surface area contributed by atoms with Crippen molar-refractivity contribution < 1.29 is 9.13 Å². The summed E-state index contributed by atoms with van der Waals surface area (Å²) in [5.74, 6) is -0.0461. The largest absolute Gasteiger partial charge is 0.490 e. The first kappa shape index (κ1) is 15.1. The van der Waals surface area contributed by atoms with Gasteiger partial charge in [0, 0.05) is 18.3 Å². The van der Waals surface area contributed by atoms with Crippen LogP contribution in [0.1, 0.15) is 5.56 Å². The van der Waals surface area contributed by atoms with E-state index in [1.165, 1.54) is 17.7 Å². The molecule has 1 N–H and O–H groups in total. The van der Waals surface area contributed by atoms with Crippen molar-refractivity contribution in [1.82, 2.24) is 0 Å². The molecular weight excluding hydrogens is 345 g/mol. The van der Waals surface area contributed by atoms with Gasteiger partial charge in [-0.05, 0) is 40.5 Å². The minimum Gasteiger partial charge on any atom is -0.490 e. The Morgan fingerprint density at radius 1 is 1.30 bits per heavy atom. The molecule has 0 heterocycles. The van der Waals surface area contributed by atoms with Gasteiger partial charge in [0.1, 0.15) is 18.2 Å². The number of nitrogens with one attached hydrogen (secondary N) is 1. The Morgan fingerprint density at radius 3 is 2.80 bits per heavy atom. The fourth-order valence-electron chi connectivity index (χ4n) is 1.73. The van der Waals surface area contributed by atoms with Crippen LogP contribution in [0.3, 0.4) is 0 Å². The maximum Gasteiger partial charge on any atom is 0.145 e. The number of aryl methyl sites for hydroxylation is 1. The predicted octanol–water partition coefficient (Wildman–Crippen LogP) is 5.04. The summed E-state index contributed by atoms with van der Waals surface area (Å²) in [4.78, 5) is 0. The van der Waals surface area contributed by atoms with Crippen LogP contribution in [0.5, 0.6) is 5.75 Å². The van der Waals surface area contributed by atoms with Gasteiger partial charge < -0.3 is 10.1 Å². The molecule has 0 bridgehead atoms. The van der Waals surface area contributed by atoms with Gasteiger partial charge >= 0.3 is 0 Å². The molecule has 0 aliphatic rings. The van der Waals surface area contributed by atoms with Crippen molar-refractivity contribution in [2.45, 2.75) is 6.92 Å². The Hall–Kier alpha value is -1.26. The van der Waals surface area contributed by atoms with Gasteiger partial charge in [0.05, 0.1) is 9.50 Å². The first-order valence-corrected chi connectivity index (χ1v) is 7.32. The van der Waals surface area contributed by atoms with E-state index in [9.17, 15) is 4.39 Å². The quantitative estimate of drug-likeness (QED) is 0.597. The second-order valence-corrected chi connectivity index (χ2v) is 5.55. The van der Waals surface area contributed by atoms with E-state index in [4.69, 9.17) is 16.3 Å². The van der Waals surface area contributed by atoms with Crippen molar-refractivity contribution >= 4 is 33.2 Å². The van der Waals surface area contributed by atoms with Gasteiger partial charge in [0.15, 0.2) is 0 Å². The normalized spacial score (nSPS) is 10.4. The smallest absolute Gasteiger partial charge is 0.145 e. The minimum atomic E-state index is -0.489. The van der Waals surface area contributed by atoms with Gasteiger partial charge in [-0.1, -0.05) is 29.8 Å². The fourth-order valence-corrected chi connectivity index (χ4v) is 2.49. The molecule has 2 rings (SSSR count). The molecule has 0 saturated carbocycles. The summed E-state index contributed by atoms with van der Waals surface area (Å²) >= 11 is 8.97. The molecule has 2 nitrogen and oxygen atoms in total. The number of ether oxygens (including phenoxy) is 1. The van der Waals surface area contributed by atoms with Gasteiger partial charge in [-0.25, -0.2) is 4.39 Å². The van der Waals surface area contributed by atoms with Crippen LogP contribution in [-0.4, -0.2) is 13.2 Å². The molecule has 0 saturated heterocycles. The van der Waals surface area contributed by atoms with Crippen LogP contribution in [0, 0.1) is 12.7 Å². The molecule has 0 aromatic heterocycles. The highest BCUT2D eigenvalue weighted by Crippen LogP contribution is 2.30. The third-order valence-electron chi connectivity index (χ3n) is 2.79. The van der Waals surface area contributed by atoms with E-state index in [1.54, 1.807) is 0 Å². The summed E-state index contributed by atoms with van der Waals surface area (Å²) in [6.07, 6.45) is 0. The molecule has 0 aliphatic heterocycles. The molecule has 2 aromatic carbocycles. The summed E-state index contributed by atoms with van der Waals surface area (Å²) in [6.45, 7) is 3.09. The first-order valence-electron chi connectivity index (χ1n) is 6.15. The van der Waals surface area contributed by atoms with Gasteiger partial charge in [-0.3, -0.25) is 0 Å². The number of hydrogen-bond acceptors (Lipinski definition) is 2. The molecule has 0 fully saturated rings. The molecule has 0 unspecified atom stereocenters. The lowest BCUT2D eigenvalue weighted by Crippen LogP contribution is -2.12. The van der Waals surface area contributed by atoms with Crippen molar-refractivity contribution in [2.75, 3.05) is 18.5 Å². The molecule has 0 atom stereocenters. The second-order valence-electron chi connectivity index (χ2n) is 4.29. The Morgan fingerprint density at radius 2 is 2.05 bits per heavy atom. The molecule has 2 aromatic rings. The molecule has 0 spiro atoms. The number of halogens is 3. The van der Waals surface area contributed by atoms with Crippen LogP contribution in [0.4, 0.5) is 10.1 Å². The average molecular weight is 359 g/mol. The van der Waals surface area contributed by atoms with Crippen molar-refractivity contribution in [3.8, 4) is 5.75 Å². The lowest BCUT2D eigenvalue weighted by Gasteiger charge is -2.12. The van der Waals surface area contributed by atoms with E-state index in [-0.39, 0.29) is 5.02 Å². The zero-order chi connectivity index (χ0) is 14.5. The molecule has 5 heteroatoms. The zero-order valence-electron chi connectivity index (χ0n) is 10.9. The molecular formula is C15H14BrClFNO. The van der Waals surface area contributed by atoms with Gasteiger partial charge in [0.25, 0.3) is 0 Å². The number of para-hydroxylation sites is 1. The highest BCUT2D eigenvalue weighted by molar-refractivity contribution is 9.10. The second kappa shape index (κ2) is 6.95. The highest BCUT2D eigenvalue weighted by atomic mass is 79.9. The lowest BCUT2D eigenvalue weighted by molar-refractivity contribution is 0.329. The predicted molar refractivity (Wildman–Crippen MR) is 84.3 cm³/mol. The van der Waals surface area contributed by atoms with Crippen molar-refractivity contribution in [3.63, 3.8) is 0 Å². The monoisotopic (exact) mass is 357 g/mol. The van der Waals surface area contributed by atoms with Gasteiger partial charge in [-0.15, -0.1) is 0 Å². The fraction of sp³-hybridized carbons (Fsp3) is 0.200. The zero-order valence-corrected chi connectivity index (χ0v) is 13.3. The Kier molecular flexibility index (Phi) is 5.26. The van der Waals surface area contributed by atoms with Crippen LogP contribution in [0.25, 0.3) is 0 Å². The summed E-state index contributed by atoms with van der Waals surface area (Å²) in [6, 6.07) is 10.8. The number of hydrogen-bond donors (Lipinski definition) is 1. The maximum absolute atomic E-state index is 13.3. The van der Waals surface area contributed by atoms with Crippen LogP contribution in [-0.2, 0) is 0 Å². The maximum atomic E-state index is 13.3. The first-order chi connectivity index (χ1) is 9.58. The molecule has 20 heavy (non-hydrogen) atoms. The van der Waals surface area contributed by atoms with E-state index in [0.29, 0.717) is 23.4 Å². The van der Waals surface area contributed by atoms with E-state index >= 15 is 0 Å². The van der Waals surface area contributed by atoms with Gasteiger partial charge in [-0.2, -0.15) is 0 Å².